The summed E-state index contributed by atoms with van der Waals surface area (Å²) in [7, 11) is 1.47. The van der Waals surface area contributed by atoms with Gasteiger partial charge in [0, 0.05) is 12.3 Å². The second kappa shape index (κ2) is 68.0. The average molecular weight is 1140 g/mol. The van der Waals surface area contributed by atoms with E-state index >= 15 is 0 Å². The summed E-state index contributed by atoms with van der Waals surface area (Å²) in [5.41, 5.74) is 0. The first-order chi connectivity index (χ1) is 39.9. The summed E-state index contributed by atoms with van der Waals surface area (Å²) < 4.78 is 5.11. The van der Waals surface area contributed by atoms with Gasteiger partial charge in [-0.05, 0) is 50.9 Å². The second-order valence-corrected chi connectivity index (χ2v) is 27.0. The standard InChI is InChI=1S/C77H150O4/c1-6-8-10-12-14-16-18-20-22-23-24-27-33-39-45-51-57-63-69-74(77(80)81-5)76(79)71-65-59-53-47-41-34-28-25-26-30-36-42-48-54-60-66-72(3)67-61-55-49-43-37-31-29-35-40-46-52-58-64-70-75(78)73(4)68-62-56-50-44-38-32-21-19-17-15-13-11-9-7-2/h61,67,72-74,76,79H,6-60,62-66,68-71H2,1-5H3. The number of ketones is 1. The molecule has 0 aliphatic heterocycles. The van der Waals surface area contributed by atoms with E-state index < -0.39 is 6.10 Å². The highest BCUT2D eigenvalue weighted by Crippen LogP contribution is 2.24. The zero-order valence-corrected chi connectivity index (χ0v) is 56.4. The summed E-state index contributed by atoms with van der Waals surface area (Å²) >= 11 is 0. The van der Waals surface area contributed by atoms with Crippen molar-refractivity contribution >= 4 is 11.8 Å². The van der Waals surface area contributed by atoms with Crippen LogP contribution in [-0.4, -0.2) is 30.1 Å². The molecule has 4 atom stereocenters. The first-order valence-electron chi connectivity index (χ1n) is 37.8. The molecule has 0 heterocycles. The smallest absolute Gasteiger partial charge is 0.311 e. The molecular formula is C77H150O4. The Morgan fingerprint density at radius 1 is 0.333 bits per heavy atom. The zero-order valence-electron chi connectivity index (χ0n) is 56.4. The van der Waals surface area contributed by atoms with E-state index in [0.717, 1.165) is 63.7 Å². The van der Waals surface area contributed by atoms with Gasteiger partial charge in [0.15, 0.2) is 0 Å². The number of hydrogen-bond acceptors (Lipinski definition) is 4. The second-order valence-electron chi connectivity index (χ2n) is 27.0. The molecule has 0 saturated carbocycles. The summed E-state index contributed by atoms with van der Waals surface area (Å²) in [6, 6.07) is 0. The zero-order chi connectivity index (χ0) is 58.8. The number of rotatable bonds is 70. The molecule has 1 N–H and O–H groups in total. The molecule has 4 nitrogen and oxygen atoms in total. The predicted molar refractivity (Wildman–Crippen MR) is 361 cm³/mol. The molecule has 0 aromatic heterocycles. The van der Waals surface area contributed by atoms with E-state index in [9.17, 15) is 14.7 Å². The molecule has 0 radical (unpaired) electrons. The maximum Gasteiger partial charge on any atom is 0.311 e. The van der Waals surface area contributed by atoms with Gasteiger partial charge in [-0.1, -0.05) is 399 Å². The van der Waals surface area contributed by atoms with Gasteiger partial charge in [-0.3, -0.25) is 9.59 Å². The van der Waals surface area contributed by atoms with Crippen molar-refractivity contribution in [3.63, 3.8) is 0 Å². The largest absolute Gasteiger partial charge is 0.469 e. The highest BCUT2D eigenvalue weighted by atomic mass is 16.5. The van der Waals surface area contributed by atoms with Crippen molar-refractivity contribution in [1.29, 1.82) is 0 Å². The van der Waals surface area contributed by atoms with Crippen LogP contribution in [0.25, 0.3) is 0 Å². The number of Topliss-reactive ketones (excluding diaryl/α,β-unsaturated/α-hetero) is 1. The minimum absolute atomic E-state index is 0.217. The molecule has 0 aromatic rings. The molecule has 0 aliphatic rings. The number of allylic oxidation sites excluding steroid dienone is 2. The minimum Gasteiger partial charge on any atom is -0.469 e. The van der Waals surface area contributed by atoms with Gasteiger partial charge in [0.1, 0.15) is 5.78 Å². The molecule has 0 amide bonds. The molecule has 0 aliphatic carbocycles. The Balaban J connectivity index is 3.50. The maximum absolute atomic E-state index is 12.7. The van der Waals surface area contributed by atoms with Crippen molar-refractivity contribution in [2.75, 3.05) is 7.11 Å². The van der Waals surface area contributed by atoms with Crippen LogP contribution < -0.4 is 0 Å². The lowest BCUT2D eigenvalue weighted by Gasteiger charge is -2.20. The van der Waals surface area contributed by atoms with Crippen LogP contribution in [0.5, 0.6) is 0 Å². The number of aliphatic hydroxyl groups excluding tert-OH is 1. The third-order valence-corrected chi connectivity index (χ3v) is 18.8. The summed E-state index contributed by atoms with van der Waals surface area (Å²) in [5, 5.41) is 10.9. The Bertz CT molecular complexity index is 1240. The Morgan fingerprint density at radius 3 is 0.914 bits per heavy atom. The quantitative estimate of drug-likeness (QED) is 0.0374. The van der Waals surface area contributed by atoms with Crippen LogP contribution in [-0.2, 0) is 14.3 Å². The van der Waals surface area contributed by atoms with E-state index in [-0.39, 0.29) is 17.8 Å². The van der Waals surface area contributed by atoms with Gasteiger partial charge in [-0.25, -0.2) is 0 Å². The van der Waals surface area contributed by atoms with Crippen molar-refractivity contribution in [2.24, 2.45) is 17.8 Å². The Kier molecular flexibility index (Phi) is 67.0. The van der Waals surface area contributed by atoms with Crippen molar-refractivity contribution in [2.45, 2.75) is 445 Å². The van der Waals surface area contributed by atoms with E-state index in [2.05, 4.69) is 39.8 Å². The summed E-state index contributed by atoms with van der Waals surface area (Å²) in [5.74, 6) is 0.965. The summed E-state index contributed by atoms with van der Waals surface area (Å²) in [6.07, 6.45) is 89.4. The number of aliphatic hydroxyl groups is 1. The minimum atomic E-state index is -0.559. The van der Waals surface area contributed by atoms with Crippen LogP contribution in [0.1, 0.15) is 439 Å². The van der Waals surface area contributed by atoms with Crippen LogP contribution >= 0.6 is 0 Å². The van der Waals surface area contributed by atoms with Crippen LogP contribution in [0, 0.1) is 17.8 Å². The highest BCUT2D eigenvalue weighted by Gasteiger charge is 2.27. The number of unbranched alkanes of at least 4 members (excludes halogenated alkanes) is 55. The lowest BCUT2D eigenvalue weighted by molar-refractivity contribution is -0.150. The third-order valence-electron chi connectivity index (χ3n) is 18.8. The number of ether oxygens (including phenoxy) is 1. The fraction of sp³-hybridized carbons (Fsp3) is 0.948. The van der Waals surface area contributed by atoms with Gasteiger partial charge >= 0.3 is 5.97 Å². The molecule has 0 fully saturated rings. The van der Waals surface area contributed by atoms with Crippen LogP contribution in [0.15, 0.2) is 12.2 Å². The van der Waals surface area contributed by atoms with Crippen molar-refractivity contribution < 1.29 is 19.4 Å². The van der Waals surface area contributed by atoms with Crippen molar-refractivity contribution in [3.05, 3.63) is 12.2 Å². The van der Waals surface area contributed by atoms with Gasteiger partial charge in [-0.2, -0.15) is 0 Å². The van der Waals surface area contributed by atoms with Gasteiger partial charge in [0.05, 0.1) is 19.1 Å². The molecule has 4 heteroatoms. The molecule has 0 rings (SSSR count). The van der Waals surface area contributed by atoms with E-state index in [1.165, 1.54) is 360 Å². The van der Waals surface area contributed by atoms with E-state index in [1.54, 1.807) is 0 Å². The highest BCUT2D eigenvalue weighted by molar-refractivity contribution is 5.80. The molecule has 482 valence electrons. The molecular weight excluding hydrogens is 989 g/mol. The average Bonchev–Trinajstić information content (AvgIpc) is 3.47. The topological polar surface area (TPSA) is 63.6 Å². The maximum atomic E-state index is 12.7. The molecule has 81 heavy (non-hydrogen) atoms. The molecule has 0 aromatic carbocycles. The Hall–Kier alpha value is -1.16. The lowest BCUT2D eigenvalue weighted by Crippen LogP contribution is -2.29. The Morgan fingerprint density at radius 2 is 0.593 bits per heavy atom. The van der Waals surface area contributed by atoms with E-state index in [0.29, 0.717) is 5.78 Å². The van der Waals surface area contributed by atoms with Gasteiger partial charge in [0.25, 0.3) is 0 Å². The molecule has 0 saturated heterocycles. The number of carbonyl (C=O) groups excluding carboxylic acids is 2. The number of methoxy groups -OCH3 is 1. The van der Waals surface area contributed by atoms with Crippen LogP contribution in [0.3, 0.4) is 0 Å². The summed E-state index contributed by atoms with van der Waals surface area (Å²) in [6.45, 7) is 9.19. The Labute approximate surface area is 510 Å². The molecule has 0 spiro atoms. The van der Waals surface area contributed by atoms with Gasteiger partial charge in [0.2, 0.25) is 0 Å². The predicted octanol–water partition coefficient (Wildman–Crippen LogP) is 26.5. The first-order valence-corrected chi connectivity index (χ1v) is 37.8. The fourth-order valence-electron chi connectivity index (χ4n) is 12.8. The SMILES string of the molecule is CCCCCCCCCCCCCCCCCCCCC(C(=O)OC)C(O)CCCCCCCCCCCCCCCCCC(C)C=CCCCCCCCCCCCCCC(=O)C(C)CCCCCCCCCCCCCCCC. The summed E-state index contributed by atoms with van der Waals surface area (Å²) in [4.78, 5) is 25.2. The fourth-order valence-corrected chi connectivity index (χ4v) is 12.8. The van der Waals surface area contributed by atoms with Gasteiger partial charge < -0.3 is 9.84 Å². The number of hydrogen-bond donors (Lipinski definition) is 1. The normalized spacial score (nSPS) is 13.4. The molecule has 0 bridgehead atoms. The third kappa shape index (κ3) is 61.7. The van der Waals surface area contributed by atoms with Crippen LogP contribution in [0.2, 0.25) is 0 Å². The molecule has 4 unspecified atom stereocenters. The van der Waals surface area contributed by atoms with Crippen molar-refractivity contribution in [3.8, 4) is 0 Å². The number of carbonyl (C=O) groups is 2. The van der Waals surface area contributed by atoms with Crippen molar-refractivity contribution in [1.82, 2.24) is 0 Å². The van der Waals surface area contributed by atoms with Crippen LogP contribution in [0.4, 0.5) is 0 Å². The first kappa shape index (κ1) is 79.8. The monoisotopic (exact) mass is 1140 g/mol. The van der Waals surface area contributed by atoms with E-state index in [1.807, 2.05) is 0 Å². The van der Waals surface area contributed by atoms with Gasteiger partial charge in [-0.15, -0.1) is 0 Å². The lowest BCUT2D eigenvalue weighted by atomic mass is 9.91. The number of esters is 1. The van der Waals surface area contributed by atoms with E-state index in [4.69, 9.17) is 4.74 Å².